The normalized spacial score (nSPS) is 12.0. The Balaban J connectivity index is 1.28. The summed E-state index contributed by atoms with van der Waals surface area (Å²) in [6.45, 7) is 2.21. The molecule has 0 saturated heterocycles. The summed E-state index contributed by atoms with van der Waals surface area (Å²) < 4.78 is 0. The first kappa shape index (κ1) is 22.3. The molecule has 0 aliphatic rings. The van der Waals surface area contributed by atoms with E-state index in [-0.39, 0.29) is 0 Å². The van der Waals surface area contributed by atoms with Gasteiger partial charge in [0.15, 0.2) is 0 Å². The minimum absolute atomic E-state index is 1.14. The molecule has 1 nitrogen and oxygen atoms in total. The lowest BCUT2D eigenvalue weighted by atomic mass is 9.91. The van der Waals surface area contributed by atoms with Gasteiger partial charge in [-0.3, -0.25) is 0 Å². The van der Waals surface area contributed by atoms with Crippen LogP contribution in [0, 0.1) is 0 Å². The maximum atomic E-state index is 2.33. The molecule has 0 saturated carbocycles. The summed E-state index contributed by atoms with van der Waals surface area (Å²) in [5.74, 6) is 0. The minimum Gasteiger partial charge on any atom is -0.311 e. The molecule has 0 bridgehead atoms. The molecule has 1 heteroatoms. The first-order chi connectivity index (χ1) is 18.8. The van der Waals surface area contributed by atoms with Crippen LogP contribution in [0.3, 0.4) is 0 Å². The predicted molar refractivity (Wildman–Crippen MR) is 165 cm³/mol. The molecule has 0 unspecified atom stereocenters. The molecule has 180 valence electrons. The molecule has 38 heavy (non-hydrogen) atoms. The van der Waals surface area contributed by atoms with Crippen molar-refractivity contribution >= 4 is 61.0 Å². The van der Waals surface area contributed by atoms with Gasteiger partial charge in [0.2, 0.25) is 0 Å². The Morgan fingerprint density at radius 3 is 1.63 bits per heavy atom. The van der Waals surface area contributed by atoms with Crippen molar-refractivity contribution in [3.8, 4) is 0 Å². The van der Waals surface area contributed by atoms with E-state index in [0.29, 0.717) is 0 Å². The molecular weight excluding hydrogens is 458 g/mol. The van der Waals surface area contributed by atoms with E-state index in [1.807, 2.05) is 0 Å². The molecule has 0 aliphatic carbocycles. The van der Waals surface area contributed by atoms with Crippen molar-refractivity contribution in [3.63, 3.8) is 0 Å². The van der Waals surface area contributed by atoms with Gasteiger partial charge in [0.1, 0.15) is 0 Å². The van der Waals surface area contributed by atoms with E-state index in [9.17, 15) is 0 Å². The number of hydrogen-bond donors (Lipinski definition) is 0. The zero-order valence-corrected chi connectivity index (χ0v) is 21.3. The van der Waals surface area contributed by atoms with Gasteiger partial charge < -0.3 is 4.90 Å². The van der Waals surface area contributed by atoms with E-state index in [2.05, 4.69) is 157 Å². The summed E-state index contributed by atoms with van der Waals surface area (Å²) in [5.41, 5.74) is 7.16. The Morgan fingerprint density at radius 1 is 0.474 bits per heavy atom. The first-order valence-electron chi connectivity index (χ1n) is 13.1. The van der Waals surface area contributed by atoms with E-state index in [0.717, 1.165) is 17.1 Å². The van der Waals surface area contributed by atoms with Gasteiger partial charge in [-0.05, 0) is 92.3 Å². The minimum atomic E-state index is 1.14. The maximum absolute atomic E-state index is 2.33. The van der Waals surface area contributed by atoms with E-state index < -0.39 is 0 Å². The third-order valence-electron chi connectivity index (χ3n) is 7.54. The number of para-hydroxylation sites is 2. The predicted octanol–water partition coefficient (Wildman–Crippen LogP) is 10.6. The van der Waals surface area contributed by atoms with Crippen LogP contribution in [0.25, 0.3) is 44.0 Å². The molecule has 0 amide bonds. The van der Waals surface area contributed by atoms with Crippen LogP contribution >= 0.6 is 0 Å². The summed E-state index contributed by atoms with van der Waals surface area (Å²) in [4.78, 5) is 2.30. The summed E-state index contributed by atoms with van der Waals surface area (Å²) >= 11 is 0. The Bertz CT molecular complexity index is 1840. The highest BCUT2D eigenvalue weighted by atomic mass is 15.1. The smallest absolute Gasteiger partial charge is 0.0462 e. The lowest BCUT2D eigenvalue weighted by molar-refractivity contribution is 1.28. The molecule has 0 fully saturated rings. The molecule has 0 atom stereocenters. The second-order valence-corrected chi connectivity index (χ2v) is 9.89. The molecule has 0 aromatic heterocycles. The van der Waals surface area contributed by atoms with Gasteiger partial charge in [0.05, 0.1) is 0 Å². The van der Waals surface area contributed by atoms with E-state index in [4.69, 9.17) is 0 Å². The topological polar surface area (TPSA) is 3.24 Å². The monoisotopic (exact) mass is 485 g/mol. The van der Waals surface area contributed by atoms with Gasteiger partial charge >= 0.3 is 0 Å². The SMILES string of the molecule is C/C(=C/c1ccc2ccc3cccc4ccc1c2c34)c1ccc(N(c2ccccc2)c2ccccc2)cc1. The third kappa shape index (κ3) is 3.81. The molecule has 7 aromatic rings. The number of nitrogens with zero attached hydrogens (tertiary/aromatic N) is 1. The lowest BCUT2D eigenvalue weighted by Crippen LogP contribution is -2.09. The van der Waals surface area contributed by atoms with Crippen LogP contribution in [0.4, 0.5) is 17.1 Å². The van der Waals surface area contributed by atoms with E-state index >= 15 is 0 Å². The van der Waals surface area contributed by atoms with Crippen molar-refractivity contribution in [1.29, 1.82) is 0 Å². The van der Waals surface area contributed by atoms with Crippen LogP contribution in [0.15, 0.2) is 140 Å². The molecule has 7 rings (SSSR count). The Hall–Kier alpha value is -4.88. The Morgan fingerprint density at radius 2 is 1.00 bits per heavy atom. The molecule has 7 aromatic carbocycles. The highest BCUT2D eigenvalue weighted by molar-refractivity contribution is 6.24. The standard InChI is InChI=1S/C37H27N/c1-26(25-31-18-17-30-16-15-28-9-8-10-29-21-24-35(31)37(30)36(28)29)27-19-22-34(23-20-27)38(32-11-4-2-5-12-32)33-13-6-3-7-14-33/h2-25H,1H3/b26-25-. The maximum Gasteiger partial charge on any atom is 0.0462 e. The molecule has 0 spiro atoms. The average molecular weight is 486 g/mol. The molecule has 0 heterocycles. The summed E-state index contributed by atoms with van der Waals surface area (Å²) in [6.07, 6.45) is 2.33. The Labute approximate surface area is 223 Å². The summed E-state index contributed by atoms with van der Waals surface area (Å²) in [7, 11) is 0. The fraction of sp³-hybridized carbons (Fsp3) is 0.0270. The zero-order chi connectivity index (χ0) is 25.5. The van der Waals surface area contributed by atoms with Crippen LogP contribution < -0.4 is 4.90 Å². The van der Waals surface area contributed by atoms with Crippen molar-refractivity contribution in [2.24, 2.45) is 0 Å². The zero-order valence-electron chi connectivity index (χ0n) is 21.3. The first-order valence-corrected chi connectivity index (χ1v) is 13.1. The molecule has 0 radical (unpaired) electrons. The highest BCUT2D eigenvalue weighted by Crippen LogP contribution is 2.38. The van der Waals surface area contributed by atoms with Crippen LogP contribution in [-0.2, 0) is 0 Å². The number of allylic oxidation sites excluding steroid dienone is 1. The van der Waals surface area contributed by atoms with Crippen LogP contribution in [0.2, 0.25) is 0 Å². The number of anilines is 3. The Kier molecular flexibility index (Phi) is 5.41. The lowest BCUT2D eigenvalue weighted by Gasteiger charge is -2.25. The van der Waals surface area contributed by atoms with Gasteiger partial charge in [-0.15, -0.1) is 0 Å². The molecule has 0 aliphatic heterocycles. The van der Waals surface area contributed by atoms with Crippen LogP contribution in [0.5, 0.6) is 0 Å². The van der Waals surface area contributed by atoms with Gasteiger partial charge in [-0.1, -0.05) is 109 Å². The quantitative estimate of drug-likeness (QED) is 0.173. The van der Waals surface area contributed by atoms with Crippen molar-refractivity contribution < 1.29 is 0 Å². The second kappa shape index (κ2) is 9.21. The number of benzene rings is 7. The van der Waals surface area contributed by atoms with Crippen molar-refractivity contribution in [1.82, 2.24) is 0 Å². The van der Waals surface area contributed by atoms with Crippen molar-refractivity contribution in [2.45, 2.75) is 6.92 Å². The van der Waals surface area contributed by atoms with E-state index in [1.54, 1.807) is 0 Å². The van der Waals surface area contributed by atoms with Gasteiger partial charge in [0.25, 0.3) is 0 Å². The fourth-order valence-electron chi connectivity index (χ4n) is 5.68. The second-order valence-electron chi connectivity index (χ2n) is 9.89. The summed E-state index contributed by atoms with van der Waals surface area (Å²) in [6, 6.07) is 50.1. The number of hydrogen-bond acceptors (Lipinski definition) is 1. The van der Waals surface area contributed by atoms with Gasteiger partial charge in [-0.25, -0.2) is 0 Å². The highest BCUT2D eigenvalue weighted by Gasteiger charge is 2.13. The van der Waals surface area contributed by atoms with Crippen molar-refractivity contribution in [2.75, 3.05) is 4.90 Å². The van der Waals surface area contributed by atoms with Crippen molar-refractivity contribution in [3.05, 3.63) is 151 Å². The van der Waals surface area contributed by atoms with E-state index in [1.165, 1.54) is 49.0 Å². The average Bonchev–Trinajstić information content (AvgIpc) is 2.98. The summed E-state index contributed by atoms with van der Waals surface area (Å²) in [5, 5.41) is 7.93. The number of rotatable bonds is 5. The fourth-order valence-corrected chi connectivity index (χ4v) is 5.68. The van der Waals surface area contributed by atoms with Crippen LogP contribution in [0.1, 0.15) is 18.1 Å². The van der Waals surface area contributed by atoms with Gasteiger partial charge in [-0.2, -0.15) is 0 Å². The van der Waals surface area contributed by atoms with Crippen LogP contribution in [-0.4, -0.2) is 0 Å². The van der Waals surface area contributed by atoms with Gasteiger partial charge in [0, 0.05) is 17.1 Å². The third-order valence-corrected chi connectivity index (χ3v) is 7.54. The molecular formula is C37H27N. The molecule has 0 N–H and O–H groups in total. The largest absolute Gasteiger partial charge is 0.311 e.